The number of carbonyl (C=O) groups excluding carboxylic acids is 3. The molecule has 0 rings (SSSR count). The highest BCUT2D eigenvalue weighted by atomic mass is 16.7. The predicted octanol–water partition coefficient (Wildman–Crippen LogP) is 17.5. The van der Waals surface area contributed by atoms with Crippen LogP contribution in [0.5, 0.6) is 0 Å². The van der Waals surface area contributed by atoms with E-state index in [2.05, 4.69) is 160 Å². The Balaban J connectivity index is 4.32. The maximum Gasteiger partial charge on any atom is 0.306 e. The Hall–Kier alpha value is -4.83. The summed E-state index contributed by atoms with van der Waals surface area (Å²) in [6, 6.07) is 0. The van der Waals surface area contributed by atoms with Crippen LogP contribution in [0.1, 0.15) is 219 Å². The van der Waals surface area contributed by atoms with Crippen molar-refractivity contribution in [2.45, 2.75) is 232 Å². The molecule has 0 N–H and O–H groups in total. The number of unbranched alkanes of at least 4 members (excludes halogenated alkanes) is 16. The monoisotopic (exact) mass is 1100 g/mol. The molecule has 0 heterocycles. The molecule has 0 saturated carbocycles. The molecule has 0 radical (unpaired) electrons. The van der Waals surface area contributed by atoms with E-state index in [1.165, 1.54) is 77.0 Å². The number of carboxylic acids is 1. The second-order valence-corrected chi connectivity index (χ2v) is 21.2. The minimum absolute atomic E-state index is 0.131. The number of rotatable bonds is 55. The molecule has 9 nitrogen and oxygen atoms in total. The second kappa shape index (κ2) is 59.3. The Bertz CT molecular complexity index is 1800. The Morgan fingerprint density at radius 3 is 1.04 bits per heavy atom. The fourth-order valence-corrected chi connectivity index (χ4v) is 7.90. The van der Waals surface area contributed by atoms with Crippen LogP contribution in [0.4, 0.5) is 0 Å². The van der Waals surface area contributed by atoms with Gasteiger partial charge in [-0.2, -0.15) is 0 Å². The Morgan fingerprint density at radius 1 is 0.380 bits per heavy atom. The molecule has 0 fully saturated rings. The number of hydrogen-bond donors (Lipinski definition) is 0. The number of carboxylic acid groups (broad SMARTS) is 1. The lowest BCUT2D eigenvalue weighted by Crippen LogP contribution is -2.44. The molecule has 2 unspecified atom stereocenters. The van der Waals surface area contributed by atoms with Gasteiger partial charge in [-0.05, 0) is 116 Å². The lowest BCUT2D eigenvalue weighted by atomic mass is 10.0. The van der Waals surface area contributed by atoms with Crippen molar-refractivity contribution >= 4 is 17.9 Å². The number of nitrogens with zero attached hydrogens (tertiary/aromatic N) is 1. The van der Waals surface area contributed by atoms with Crippen molar-refractivity contribution in [1.29, 1.82) is 0 Å². The third-order valence-corrected chi connectivity index (χ3v) is 12.6. The summed E-state index contributed by atoms with van der Waals surface area (Å²) in [7, 11) is 5.90. The van der Waals surface area contributed by atoms with Crippen LogP contribution in [0.15, 0.2) is 146 Å². The van der Waals surface area contributed by atoms with E-state index < -0.39 is 24.3 Å². The van der Waals surface area contributed by atoms with Crippen molar-refractivity contribution in [2.75, 3.05) is 47.5 Å². The van der Waals surface area contributed by atoms with Crippen LogP contribution < -0.4 is 5.11 Å². The smallest absolute Gasteiger partial charge is 0.306 e. The van der Waals surface area contributed by atoms with Gasteiger partial charge in [0.05, 0.1) is 40.3 Å². The first-order chi connectivity index (χ1) is 38.6. The molecular weight excluding hydrogens is 983 g/mol. The molecule has 0 amide bonds. The van der Waals surface area contributed by atoms with E-state index in [9.17, 15) is 19.5 Å². The molecule has 79 heavy (non-hydrogen) atoms. The van der Waals surface area contributed by atoms with E-state index in [1.807, 2.05) is 21.1 Å². The van der Waals surface area contributed by atoms with Gasteiger partial charge in [-0.25, -0.2) is 0 Å². The SMILES string of the molecule is CC/C=C\C/C=C\C/C=C\C/C=C\C/C=C\C/C=C\C/C=C\C/C=C\CCCCC(=O)OC(COC(=O)CCCCCCCCCCCCCCCC/C=C\C/C=C\C/C=C\C/C=C\CC)COC(OCC[N+](C)(C)C)C(=O)[O-]. The first kappa shape index (κ1) is 74.2. The summed E-state index contributed by atoms with van der Waals surface area (Å²) in [6.07, 6.45) is 83.3. The molecular formula is C70H113NO8. The van der Waals surface area contributed by atoms with Crippen molar-refractivity contribution in [3.63, 3.8) is 0 Å². The van der Waals surface area contributed by atoms with Crippen molar-refractivity contribution in [3.05, 3.63) is 146 Å². The molecule has 9 heteroatoms. The molecule has 0 aromatic rings. The standard InChI is InChI=1S/C70H113NO8/c1-6-8-10-12-14-16-18-20-22-24-26-28-30-32-34-36-38-40-42-44-46-48-50-52-54-56-58-60-67(72)77-64-66(65-78-70(69(74)75)76-63-62-71(3,4)5)79-68(73)61-59-57-55-53-51-49-47-45-43-41-39-37-35-33-31-29-27-25-23-21-19-17-15-13-11-9-7-2/h8-11,14-17,20-23,26-29,33,35,39,41,45,47,51,53,66,70H,6-7,12-13,18-19,24-25,30-32,34,36-38,40,42-44,46,48-50,52,54-65H2,1-5H3/b10-8-,11-9-,16-14-,17-15-,22-20-,23-21-,28-26-,29-27-,35-33-,41-39-,47-45-,53-51-. The topological polar surface area (TPSA) is 111 Å². The van der Waals surface area contributed by atoms with Crippen LogP contribution in [0.25, 0.3) is 0 Å². The quantitative estimate of drug-likeness (QED) is 0.0195. The number of allylic oxidation sites excluding steroid dienone is 24. The highest BCUT2D eigenvalue weighted by molar-refractivity contribution is 5.70. The normalized spacial score (nSPS) is 13.8. The number of quaternary nitrogens is 1. The zero-order valence-electron chi connectivity index (χ0n) is 50.7. The second-order valence-electron chi connectivity index (χ2n) is 21.2. The first-order valence-corrected chi connectivity index (χ1v) is 31.0. The Morgan fingerprint density at radius 2 is 0.684 bits per heavy atom. The summed E-state index contributed by atoms with van der Waals surface area (Å²) < 4.78 is 22.7. The van der Waals surface area contributed by atoms with Crippen molar-refractivity contribution in [3.8, 4) is 0 Å². The molecule has 446 valence electrons. The van der Waals surface area contributed by atoms with Gasteiger partial charge in [-0.3, -0.25) is 9.59 Å². The van der Waals surface area contributed by atoms with E-state index in [4.69, 9.17) is 18.9 Å². The minimum atomic E-state index is -1.64. The molecule has 0 saturated heterocycles. The maximum absolute atomic E-state index is 12.9. The number of aliphatic carboxylic acids is 1. The highest BCUT2D eigenvalue weighted by Crippen LogP contribution is 2.15. The van der Waals surface area contributed by atoms with Gasteiger partial charge < -0.3 is 33.3 Å². The molecule has 0 aliphatic rings. The van der Waals surface area contributed by atoms with E-state index in [0.717, 1.165) is 109 Å². The molecule has 2 atom stereocenters. The molecule has 0 aliphatic carbocycles. The Labute approximate surface area is 483 Å². The van der Waals surface area contributed by atoms with Gasteiger partial charge in [0.25, 0.3) is 0 Å². The van der Waals surface area contributed by atoms with Crippen LogP contribution in [-0.2, 0) is 33.3 Å². The molecule has 0 aliphatic heterocycles. The fraction of sp³-hybridized carbons (Fsp3) is 0.614. The largest absolute Gasteiger partial charge is 0.545 e. The van der Waals surface area contributed by atoms with Crippen molar-refractivity contribution in [2.24, 2.45) is 0 Å². The minimum Gasteiger partial charge on any atom is -0.545 e. The fourth-order valence-electron chi connectivity index (χ4n) is 7.90. The number of hydrogen-bond acceptors (Lipinski definition) is 8. The zero-order chi connectivity index (χ0) is 57.6. The van der Waals surface area contributed by atoms with Gasteiger partial charge >= 0.3 is 11.9 Å². The van der Waals surface area contributed by atoms with Gasteiger partial charge in [-0.1, -0.05) is 237 Å². The summed E-state index contributed by atoms with van der Waals surface area (Å²) in [6.45, 7) is 4.46. The van der Waals surface area contributed by atoms with Crippen molar-refractivity contribution < 1.29 is 42.9 Å². The lowest BCUT2D eigenvalue weighted by molar-refractivity contribution is -0.870. The van der Waals surface area contributed by atoms with Crippen LogP contribution in [0, 0.1) is 0 Å². The van der Waals surface area contributed by atoms with Gasteiger partial charge in [0.2, 0.25) is 0 Å². The summed E-state index contributed by atoms with van der Waals surface area (Å²) >= 11 is 0. The van der Waals surface area contributed by atoms with E-state index in [1.54, 1.807) is 0 Å². The van der Waals surface area contributed by atoms with Crippen LogP contribution in [-0.4, -0.2) is 82.3 Å². The zero-order valence-corrected chi connectivity index (χ0v) is 50.7. The summed E-state index contributed by atoms with van der Waals surface area (Å²) in [4.78, 5) is 37.4. The van der Waals surface area contributed by atoms with Gasteiger partial charge in [0, 0.05) is 12.8 Å². The number of likely N-dealkylation sites (N-methyl/N-ethyl adjacent to an activating group) is 1. The van der Waals surface area contributed by atoms with E-state index >= 15 is 0 Å². The summed E-state index contributed by atoms with van der Waals surface area (Å²) in [5.41, 5.74) is 0. The summed E-state index contributed by atoms with van der Waals surface area (Å²) in [5, 5.41) is 11.8. The average molecular weight is 1100 g/mol. The maximum atomic E-state index is 12.9. The third-order valence-electron chi connectivity index (χ3n) is 12.6. The summed E-state index contributed by atoms with van der Waals surface area (Å²) in [5.74, 6) is -2.36. The number of carbonyl (C=O) groups is 3. The van der Waals surface area contributed by atoms with Gasteiger partial charge in [0.1, 0.15) is 13.2 Å². The Kier molecular flexibility index (Phi) is 55.7. The molecule has 0 aromatic carbocycles. The van der Waals surface area contributed by atoms with Crippen LogP contribution in [0.2, 0.25) is 0 Å². The third kappa shape index (κ3) is 60.7. The number of ether oxygens (including phenoxy) is 4. The predicted molar refractivity (Wildman–Crippen MR) is 333 cm³/mol. The van der Waals surface area contributed by atoms with E-state index in [0.29, 0.717) is 17.4 Å². The van der Waals surface area contributed by atoms with Gasteiger partial charge in [0.15, 0.2) is 12.4 Å². The van der Waals surface area contributed by atoms with Crippen LogP contribution in [0.3, 0.4) is 0 Å². The van der Waals surface area contributed by atoms with E-state index in [-0.39, 0.29) is 38.6 Å². The molecule has 0 spiro atoms. The van der Waals surface area contributed by atoms with Crippen LogP contribution >= 0.6 is 0 Å². The highest BCUT2D eigenvalue weighted by Gasteiger charge is 2.22. The average Bonchev–Trinajstić information content (AvgIpc) is 3.42. The lowest BCUT2D eigenvalue weighted by Gasteiger charge is -2.26. The van der Waals surface area contributed by atoms with Crippen molar-refractivity contribution in [1.82, 2.24) is 0 Å². The molecule has 0 aromatic heterocycles. The first-order valence-electron chi connectivity index (χ1n) is 31.0. The molecule has 0 bridgehead atoms. The number of esters is 2. The van der Waals surface area contributed by atoms with Gasteiger partial charge in [-0.15, -0.1) is 0 Å².